The fourth-order valence-corrected chi connectivity index (χ4v) is 1.44. The van der Waals surface area contributed by atoms with Crippen LogP contribution in [0.5, 0.6) is 0 Å². The average molecular weight is 245 g/mol. The van der Waals surface area contributed by atoms with Crippen molar-refractivity contribution < 1.29 is 18.3 Å². The molecule has 0 saturated carbocycles. The lowest BCUT2D eigenvalue weighted by Gasteiger charge is -2.15. The number of carbonyl (C=O) groups excluding carboxylic acids is 1. The van der Waals surface area contributed by atoms with Crippen LogP contribution in [0, 0.1) is 6.92 Å². The first kappa shape index (κ1) is 13.3. The van der Waals surface area contributed by atoms with Crippen LogP contribution >= 0.6 is 0 Å². The highest BCUT2D eigenvalue weighted by molar-refractivity contribution is 5.79. The van der Waals surface area contributed by atoms with E-state index >= 15 is 0 Å². The number of nitrogens with zero attached hydrogens (tertiary/aromatic N) is 1. The van der Waals surface area contributed by atoms with Gasteiger partial charge in [-0.25, -0.2) is 4.79 Å². The number of ether oxygens (including phenoxy) is 1. The molecule has 1 heterocycles. The van der Waals surface area contributed by atoms with E-state index in [1.54, 1.807) is 6.92 Å². The Labute approximate surface area is 96.8 Å². The van der Waals surface area contributed by atoms with Crippen LogP contribution in [0.15, 0.2) is 17.1 Å². The molecule has 0 N–H and O–H groups in total. The van der Waals surface area contributed by atoms with Crippen LogP contribution in [0.25, 0.3) is 0 Å². The van der Waals surface area contributed by atoms with Gasteiger partial charge in [-0.2, -0.15) is 8.78 Å². The van der Waals surface area contributed by atoms with Gasteiger partial charge in [0.15, 0.2) is 0 Å². The van der Waals surface area contributed by atoms with E-state index in [0.717, 1.165) is 10.6 Å². The molecule has 17 heavy (non-hydrogen) atoms. The predicted octanol–water partition coefficient (Wildman–Crippen LogP) is 1.35. The maximum Gasteiger partial charge on any atom is 0.382 e. The number of rotatable bonds is 3. The van der Waals surface area contributed by atoms with Crippen molar-refractivity contribution in [1.82, 2.24) is 4.57 Å². The second kappa shape index (κ2) is 4.65. The number of hydrogen-bond donors (Lipinski definition) is 0. The summed E-state index contributed by atoms with van der Waals surface area (Å²) in [5.41, 5.74) is -1.31. The molecule has 6 heteroatoms. The quantitative estimate of drug-likeness (QED) is 0.755. The Bertz CT molecular complexity index is 494. The molecule has 0 spiro atoms. The molecule has 1 rings (SSSR count). The normalized spacial score (nSPS) is 11.4. The Balaban J connectivity index is 3.33. The molecule has 0 fully saturated rings. The van der Waals surface area contributed by atoms with Crippen LogP contribution in [0.1, 0.15) is 18.1 Å². The van der Waals surface area contributed by atoms with E-state index in [-0.39, 0.29) is 6.61 Å². The van der Waals surface area contributed by atoms with Crippen molar-refractivity contribution in [2.45, 2.75) is 19.8 Å². The third-order valence-corrected chi connectivity index (χ3v) is 2.19. The summed E-state index contributed by atoms with van der Waals surface area (Å²) in [4.78, 5) is 22.7. The number of aryl methyl sites for hydroxylation is 2. The zero-order chi connectivity index (χ0) is 13.2. The molecule has 0 unspecified atom stereocenters. The first-order chi connectivity index (χ1) is 7.80. The smallest absolute Gasteiger partial charge is 0.382 e. The minimum absolute atomic E-state index is 0.166. The number of alkyl halides is 2. The second-order valence-electron chi connectivity index (χ2n) is 3.64. The molecule has 0 atom stereocenters. The van der Waals surface area contributed by atoms with Crippen molar-refractivity contribution in [2.75, 3.05) is 6.61 Å². The van der Waals surface area contributed by atoms with E-state index in [2.05, 4.69) is 4.74 Å². The van der Waals surface area contributed by atoms with Crippen molar-refractivity contribution in [3.8, 4) is 0 Å². The van der Waals surface area contributed by atoms with Crippen molar-refractivity contribution >= 4 is 5.97 Å². The topological polar surface area (TPSA) is 48.3 Å². The molecule has 0 amide bonds. The Hall–Kier alpha value is -1.72. The third kappa shape index (κ3) is 2.51. The fourth-order valence-electron chi connectivity index (χ4n) is 1.44. The van der Waals surface area contributed by atoms with Gasteiger partial charge >= 0.3 is 11.9 Å². The van der Waals surface area contributed by atoms with Gasteiger partial charge in [0.05, 0.1) is 12.2 Å². The SMILES string of the molecule is CCOC(=O)C(F)(F)c1cc(C)cn(C)c1=O. The number of aromatic nitrogens is 1. The van der Waals surface area contributed by atoms with E-state index in [1.807, 2.05) is 0 Å². The van der Waals surface area contributed by atoms with Crippen LogP contribution in [-0.4, -0.2) is 17.1 Å². The summed E-state index contributed by atoms with van der Waals surface area (Å²) in [6, 6.07) is 0.999. The second-order valence-corrected chi connectivity index (χ2v) is 3.64. The van der Waals surface area contributed by atoms with Crippen LogP contribution in [-0.2, 0) is 22.5 Å². The minimum atomic E-state index is -3.92. The standard InChI is InChI=1S/C11H13F2NO3/c1-4-17-10(16)11(12,13)8-5-7(2)6-14(3)9(8)15/h5-6H,4H2,1-3H3. The highest BCUT2D eigenvalue weighted by Crippen LogP contribution is 2.27. The molecule has 0 aliphatic carbocycles. The molecular formula is C11H13F2NO3. The van der Waals surface area contributed by atoms with Crippen molar-refractivity contribution in [1.29, 1.82) is 0 Å². The highest BCUT2D eigenvalue weighted by atomic mass is 19.3. The average Bonchev–Trinajstić information content (AvgIpc) is 2.23. The van der Waals surface area contributed by atoms with Crippen molar-refractivity contribution in [2.24, 2.45) is 7.05 Å². The lowest BCUT2D eigenvalue weighted by Crippen LogP contribution is -2.36. The minimum Gasteiger partial charge on any atom is -0.461 e. The molecule has 0 aliphatic heterocycles. The van der Waals surface area contributed by atoms with E-state index in [4.69, 9.17) is 0 Å². The van der Waals surface area contributed by atoms with Gasteiger partial charge in [-0.15, -0.1) is 0 Å². The monoisotopic (exact) mass is 245 g/mol. The summed E-state index contributed by atoms with van der Waals surface area (Å²) in [6.45, 7) is 2.81. The third-order valence-electron chi connectivity index (χ3n) is 2.19. The molecule has 0 aromatic carbocycles. The Kier molecular flexibility index (Phi) is 3.65. The molecule has 0 saturated heterocycles. The first-order valence-corrected chi connectivity index (χ1v) is 5.03. The van der Waals surface area contributed by atoms with E-state index < -0.39 is 23.0 Å². The summed E-state index contributed by atoms with van der Waals surface area (Å²) in [6.07, 6.45) is 1.41. The molecule has 94 valence electrons. The number of halogens is 2. The highest BCUT2D eigenvalue weighted by Gasteiger charge is 2.45. The number of pyridine rings is 1. The summed E-state index contributed by atoms with van der Waals surface area (Å²) in [5, 5.41) is 0. The van der Waals surface area contributed by atoms with Gasteiger partial charge in [0, 0.05) is 13.2 Å². The van der Waals surface area contributed by atoms with Gasteiger partial charge < -0.3 is 9.30 Å². The van der Waals surface area contributed by atoms with Crippen molar-refractivity contribution in [3.63, 3.8) is 0 Å². The zero-order valence-corrected chi connectivity index (χ0v) is 9.79. The summed E-state index contributed by atoms with van der Waals surface area (Å²) in [5.74, 6) is -5.63. The van der Waals surface area contributed by atoms with Gasteiger partial charge in [0.2, 0.25) is 0 Å². The van der Waals surface area contributed by atoms with Gasteiger partial charge in [-0.3, -0.25) is 4.79 Å². The lowest BCUT2D eigenvalue weighted by atomic mass is 10.1. The number of hydrogen-bond acceptors (Lipinski definition) is 3. The summed E-state index contributed by atoms with van der Waals surface area (Å²) in [7, 11) is 1.35. The van der Waals surface area contributed by atoms with Crippen molar-refractivity contribution in [3.05, 3.63) is 33.7 Å². The first-order valence-electron chi connectivity index (χ1n) is 5.03. The molecule has 4 nitrogen and oxygen atoms in total. The molecule has 0 bridgehead atoms. The van der Waals surface area contributed by atoms with Gasteiger partial charge in [0.1, 0.15) is 0 Å². The summed E-state index contributed by atoms with van der Waals surface area (Å²) < 4.78 is 32.6. The van der Waals surface area contributed by atoms with Gasteiger partial charge in [-0.1, -0.05) is 0 Å². The Morgan fingerprint density at radius 3 is 2.65 bits per heavy atom. The maximum absolute atomic E-state index is 13.7. The van der Waals surface area contributed by atoms with Crippen LogP contribution in [0.4, 0.5) is 8.78 Å². The van der Waals surface area contributed by atoms with E-state index in [1.165, 1.54) is 20.2 Å². The molecule has 0 aliphatic rings. The number of carbonyl (C=O) groups is 1. The fraction of sp³-hybridized carbons (Fsp3) is 0.455. The predicted molar refractivity (Wildman–Crippen MR) is 56.9 cm³/mol. The molecule has 1 aromatic heterocycles. The van der Waals surface area contributed by atoms with E-state index in [0.29, 0.717) is 5.56 Å². The zero-order valence-electron chi connectivity index (χ0n) is 9.79. The van der Waals surface area contributed by atoms with E-state index in [9.17, 15) is 18.4 Å². The molecular weight excluding hydrogens is 232 g/mol. The maximum atomic E-state index is 13.7. The van der Waals surface area contributed by atoms with Gasteiger partial charge in [-0.05, 0) is 25.5 Å². The van der Waals surface area contributed by atoms with Gasteiger partial charge in [0.25, 0.3) is 5.56 Å². The lowest BCUT2D eigenvalue weighted by molar-refractivity contribution is -0.173. The molecule has 1 aromatic rings. The Morgan fingerprint density at radius 2 is 2.12 bits per heavy atom. The largest absolute Gasteiger partial charge is 0.461 e. The van der Waals surface area contributed by atoms with Crippen LogP contribution in [0.2, 0.25) is 0 Å². The summed E-state index contributed by atoms with van der Waals surface area (Å²) >= 11 is 0. The van der Waals surface area contributed by atoms with Crippen LogP contribution < -0.4 is 5.56 Å². The Morgan fingerprint density at radius 1 is 1.53 bits per heavy atom. The molecule has 0 radical (unpaired) electrons. The van der Waals surface area contributed by atoms with Crippen LogP contribution in [0.3, 0.4) is 0 Å². The number of esters is 1.